The first-order chi connectivity index (χ1) is 5.33. The molecule has 1 N–H and O–H groups in total. The first-order valence-corrected chi connectivity index (χ1v) is 4.37. The van der Waals surface area contributed by atoms with E-state index < -0.39 is 0 Å². The molecule has 0 saturated carbocycles. The molecule has 2 nitrogen and oxygen atoms in total. The van der Waals surface area contributed by atoms with E-state index in [1.165, 1.54) is 11.3 Å². The molecule has 1 aromatic rings. The van der Waals surface area contributed by atoms with E-state index in [1.807, 2.05) is 0 Å². The van der Waals surface area contributed by atoms with Gasteiger partial charge in [-0.2, -0.15) is 0 Å². The van der Waals surface area contributed by atoms with E-state index in [2.05, 4.69) is 16.2 Å². The third-order valence-corrected chi connectivity index (χ3v) is 2.14. The monoisotopic (exact) mass is 186 g/mol. The molecule has 0 saturated heterocycles. The fraction of sp³-hybridized carbons (Fsp3) is 0.286. The normalized spacial score (nSPS) is 9.09. The Morgan fingerprint density at radius 1 is 1.82 bits per heavy atom. The standard InChI is InChI=1S/C7H7ClN2S/c1-2-3-4-9-7-10-6(8)5-11-7/h1,5H,3-4H2,(H,9,10). The van der Waals surface area contributed by atoms with Crippen LogP contribution in [0.1, 0.15) is 6.42 Å². The Hall–Kier alpha value is -0.720. The van der Waals surface area contributed by atoms with E-state index in [0.717, 1.165) is 11.7 Å². The van der Waals surface area contributed by atoms with Crippen molar-refractivity contribution in [3.63, 3.8) is 0 Å². The first-order valence-electron chi connectivity index (χ1n) is 3.11. The van der Waals surface area contributed by atoms with Crippen LogP contribution in [0.15, 0.2) is 5.38 Å². The highest BCUT2D eigenvalue weighted by atomic mass is 35.5. The Kier molecular flexibility index (Phi) is 3.21. The van der Waals surface area contributed by atoms with Crippen LogP contribution in [0.2, 0.25) is 5.15 Å². The summed E-state index contributed by atoms with van der Waals surface area (Å²) in [5.74, 6) is 2.53. The van der Waals surface area contributed by atoms with E-state index in [0.29, 0.717) is 11.6 Å². The van der Waals surface area contributed by atoms with Crippen LogP contribution in [0.3, 0.4) is 0 Å². The SMILES string of the molecule is C#CCCNc1nc(Cl)cs1. The minimum atomic E-state index is 0.526. The van der Waals surface area contributed by atoms with Crippen LogP contribution < -0.4 is 5.32 Å². The van der Waals surface area contributed by atoms with Crippen molar-refractivity contribution >= 4 is 28.1 Å². The molecule has 0 aliphatic carbocycles. The minimum Gasteiger partial charge on any atom is -0.361 e. The molecule has 0 radical (unpaired) electrons. The van der Waals surface area contributed by atoms with E-state index >= 15 is 0 Å². The summed E-state index contributed by atoms with van der Waals surface area (Å²) in [5.41, 5.74) is 0. The zero-order chi connectivity index (χ0) is 8.10. The molecule has 0 unspecified atom stereocenters. The van der Waals surface area contributed by atoms with Crippen molar-refractivity contribution in [3.05, 3.63) is 10.5 Å². The van der Waals surface area contributed by atoms with Crippen LogP contribution in [0.5, 0.6) is 0 Å². The Morgan fingerprint density at radius 3 is 3.18 bits per heavy atom. The van der Waals surface area contributed by atoms with Crippen molar-refractivity contribution in [2.45, 2.75) is 6.42 Å². The Bertz CT molecular complexity index is 264. The molecule has 1 heterocycles. The van der Waals surface area contributed by atoms with Gasteiger partial charge in [0.05, 0.1) is 0 Å². The maximum Gasteiger partial charge on any atom is 0.184 e. The summed E-state index contributed by atoms with van der Waals surface area (Å²) in [6.45, 7) is 0.750. The molecule has 1 rings (SSSR count). The van der Waals surface area contributed by atoms with Gasteiger partial charge in [0.1, 0.15) is 5.15 Å². The fourth-order valence-corrected chi connectivity index (χ4v) is 1.44. The summed E-state index contributed by atoms with van der Waals surface area (Å²) >= 11 is 7.07. The summed E-state index contributed by atoms with van der Waals surface area (Å²) in [4.78, 5) is 3.99. The smallest absolute Gasteiger partial charge is 0.184 e. The third kappa shape index (κ3) is 2.79. The number of thiazole rings is 1. The van der Waals surface area contributed by atoms with Gasteiger partial charge in [-0.1, -0.05) is 11.6 Å². The van der Waals surface area contributed by atoms with Gasteiger partial charge in [-0.25, -0.2) is 4.98 Å². The van der Waals surface area contributed by atoms with Crippen LogP contribution >= 0.6 is 22.9 Å². The molecular weight excluding hydrogens is 180 g/mol. The summed E-state index contributed by atoms with van der Waals surface area (Å²) < 4.78 is 0. The Morgan fingerprint density at radius 2 is 2.64 bits per heavy atom. The number of nitrogens with zero attached hydrogens (tertiary/aromatic N) is 1. The average Bonchev–Trinajstić information content (AvgIpc) is 2.37. The Labute approximate surface area is 74.6 Å². The highest BCUT2D eigenvalue weighted by Crippen LogP contribution is 2.18. The number of hydrogen-bond acceptors (Lipinski definition) is 3. The Balaban J connectivity index is 2.34. The van der Waals surface area contributed by atoms with Crippen LogP contribution in [0, 0.1) is 12.3 Å². The maximum absolute atomic E-state index is 5.59. The molecule has 0 fully saturated rings. The number of hydrogen-bond donors (Lipinski definition) is 1. The van der Waals surface area contributed by atoms with Crippen LogP contribution in [-0.4, -0.2) is 11.5 Å². The fourth-order valence-electron chi connectivity index (χ4n) is 0.577. The molecule has 0 bridgehead atoms. The number of rotatable bonds is 3. The van der Waals surface area contributed by atoms with Crippen LogP contribution in [0.25, 0.3) is 0 Å². The van der Waals surface area contributed by atoms with Gasteiger partial charge in [-0.15, -0.1) is 23.7 Å². The highest BCUT2D eigenvalue weighted by Gasteiger charge is 1.95. The van der Waals surface area contributed by atoms with E-state index in [1.54, 1.807) is 5.38 Å². The topological polar surface area (TPSA) is 24.9 Å². The number of nitrogens with one attached hydrogen (secondary N) is 1. The maximum atomic E-state index is 5.59. The van der Waals surface area contributed by atoms with Crippen molar-refractivity contribution < 1.29 is 0 Å². The molecule has 0 spiro atoms. The minimum absolute atomic E-state index is 0.526. The van der Waals surface area contributed by atoms with Crippen LogP contribution in [0.4, 0.5) is 5.13 Å². The third-order valence-electron chi connectivity index (χ3n) is 1.02. The van der Waals surface area contributed by atoms with E-state index in [-0.39, 0.29) is 0 Å². The number of terminal acetylenes is 1. The lowest BCUT2D eigenvalue weighted by molar-refractivity contribution is 1.09. The second-order valence-electron chi connectivity index (χ2n) is 1.86. The van der Waals surface area contributed by atoms with Crippen molar-refractivity contribution in [2.75, 3.05) is 11.9 Å². The molecule has 0 aliphatic heterocycles. The van der Waals surface area contributed by atoms with Gasteiger partial charge in [-0.05, 0) is 0 Å². The van der Waals surface area contributed by atoms with Gasteiger partial charge in [-0.3, -0.25) is 0 Å². The van der Waals surface area contributed by atoms with Gasteiger partial charge in [0.2, 0.25) is 0 Å². The van der Waals surface area contributed by atoms with Crippen molar-refractivity contribution in [1.82, 2.24) is 4.98 Å². The second kappa shape index (κ2) is 4.22. The second-order valence-corrected chi connectivity index (χ2v) is 3.10. The molecule has 1 aromatic heterocycles. The molecular formula is C7H7ClN2S. The molecule has 11 heavy (non-hydrogen) atoms. The van der Waals surface area contributed by atoms with Gasteiger partial charge in [0.15, 0.2) is 5.13 Å². The van der Waals surface area contributed by atoms with Crippen molar-refractivity contribution in [2.24, 2.45) is 0 Å². The lowest BCUT2D eigenvalue weighted by Crippen LogP contribution is -1.98. The van der Waals surface area contributed by atoms with Gasteiger partial charge >= 0.3 is 0 Å². The van der Waals surface area contributed by atoms with Gasteiger partial charge in [0, 0.05) is 18.3 Å². The van der Waals surface area contributed by atoms with E-state index in [4.69, 9.17) is 18.0 Å². The van der Waals surface area contributed by atoms with Crippen molar-refractivity contribution in [3.8, 4) is 12.3 Å². The first kappa shape index (κ1) is 8.38. The van der Waals surface area contributed by atoms with Crippen molar-refractivity contribution in [1.29, 1.82) is 0 Å². The number of halogens is 1. The van der Waals surface area contributed by atoms with Gasteiger partial charge in [0.25, 0.3) is 0 Å². The number of aromatic nitrogens is 1. The summed E-state index contributed by atoms with van der Waals surface area (Å²) in [6.07, 6.45) is 5.77. The van der Waals surface area contributed by atoms with E-state index in [9.17, 15) is 0 Å². The molecule has 0 aromatic carbocycles. The largest absolute Gasteiger partial charge is 0.361 e. The molecule has 0 aliphatic rings. The lowest BCUT2D eigenvalue weighted by Gasteiger charge is -1.95. The van der Waals surface area contributed by atoms with Gasteiger partial charge < -0.3 is 5.32 Å². The summed E-state index contributed by atoms with van der Waals surface area (Å²) in [7, 11) is 0. The zero-order valence-electron chi connectivity index (χ0n) is 5.80. The predicted molar refractivity (Wildman–Crippen MR) is 49.1 cm³/mol. The average molecular weight is 187 g/mol. The molecule has 58 valence electrons. The summed E-state index contributed by atoms with van der Waals surface area (Å²) in [6, 6.07) is 0. The molecule has 0 atom stereocenters. The van der Waals surface area contributed by atoms with Crippen LogP contribution in [-0.2, 0) is 0 Å². The summed E-state index contributed by atoms with van der Waals surface area (Å²) in [5, 5.41) is 6.17. The molecule has 4 heteroatoms. The quantitative estimate of drug-likeness (QED) is 0.579. The lowest BCUT2D eigenvalue weighted by atomic mass is 10.4. The highest BCUT2D eigenvalue weighted by molar-refractivity contribution is 7.14. The predicted octanol–water partition coefficient (Wildman–Crippen LogP) is 2.23. The molecule has 0 amide bonds. The zero-order valence-corrected chi connectivity index (χ0v) is 7.37. The number of anilines is 1.